The number of hydrogen-bond acceptors (Lipinski definition) is 7. The summed E-state index contributed by atoms with van der Waals surface area (Å²) in [5, 5.41) is 4.82. The normalized spacial score (nSPS) is 11.0. The predicted octanol–water partition coefficient (Wildman–Crippen LogP) is 5.64. The summed E-state index contributed by atoms with van der Waals surface area (Å²) in [6, 6.07) is 7.19. The zero-order chi connectivity index (χ0) is 20.5. The maximum absolute atomic E-state index is 11.4. The molecule has 0 radical (unpaired) electrons. The van der Waals surface area contributed by atoms with Crippen molar-refractivity contribution in [1.29, 1.82) is 0 Å². The topological polar surface area (TPSA) is 80.7 Å². The molecule has 29 heavy (non-hydrogen) atoms. The average Bonchev–Trinajstić information content (AvgIpc) is 3.05. The fourth-order valence-corrected chi connectivity index (χ4v) is 4.82. The predicted molar refractivity (Wildman–Crippen MR) is 117 cm³/mol. The van der Waals surface area contributed by atoms with Crippen molar-refractivity contribution < 1.29 is 4.79 Å². The first-order valence-electron chi connectivity index (χ1n) is 8.69. The lowest BCUT2D eigenvalue weighted by molar-refractivity contribution is -0.116. The van der Waals surface area contributed by atoms with E-state index in [-0.39, 0.29) is 12.2 Å². The minimum atomic E-state index is 0.0478. The zero-order valence-corrected chi connectivity index (χ0v) is 17.9. The third kappa shape index (κ3) is 4.22. The summed E-state index contributed by atoms with van der Waals surface area (Å²) < 4.78 is 0.860. The van der Waals surface area contributed by atoms with Crippen molar-refractivity contribution in [2.75, 3.05) is 5.32 Å². The third-order valence-electron chi connectivity index (χ3n) is 4.12. The second-order valence-corrected chi connectivity index (χ2v) is 8.32. The zero-order valence-electron chi connectivity index (χ0n) is 15.5. The van der Waals surface area contributed by atoms with Crippen LogP contribution in [-0.2, 0) is 11.2 Å². The van der Waals surface area contributed by atoms with Gasteiger partial charge in [0.25, 0.3) is 0 Å². The SMILES string of the molecule is CC(=O)Cc1cc(Cl)c(-c2nc3ccnc(Nc4cc(C)ncn4)c3s2)c(Cl)c1. The first-order valence-corrected chi connectivity index (χ1v) is 10.3. The highest BCUT2D eigenvalue weighted by Gasteiger charge is 2.17. The van der Waals surface area contributed by atoms with Gasteiger partial charge < -0.3 is 5.32 Å². The van der Waals surface area contributed by atoms with Crippen LogP contribution in [0.3, 0.4) is 0 Å². The number of nitrogens with one attached hydrogen (secondary N) is 1. The summed E-state index contributed by atoms with van der Waals surface area (Å²) in [6.07, 6.45) is 3.47. The second kappa shape index (κ2) is 8.02. The first kappa shape index (κ1) is 19.7. The van der Waals surface area contributed by atoms with E-state index in [1.54, 1.807) is 18.3 Å². The van der Waals surface area contributed by atoms with Crippen molar-refractivity contribution in [1.82, 2.24) is 19.9 Å². The van der Waals surface area contributed by atoms with Crippen molar-refractivity contribution in [3.05, 3.63) is 58.1 Å². The molecule has 6 nitrogen and oxygen atoms in total. The van der Waals surface area contributed by atoms with Crippen molar-refractivity contribution in [2.45, 2.75) is 20.3 Å². The Kier molecular flexibility index (Phi) is 5.45. The molecule has 0 spiro atoms. The summed E-state index contributed by atoms with van der Waals surface area (Å²) in [5.41, 5.74) is 3.04. The molecule has 4 aromatic rings. The van der Waals surface area contributed by atoms with Crippen LogP contribution in [0.5, 0.6) is 0 Å². The number of nitrogens with zero attached hydrogens (tertiary/aromatic N) is 4. The van der Waals surface area contributed by atoms with Crippen LogP contribution in [0.15, 0.2) is 36.8 Å². The Balaban J connectivity index is 1.76. The summed E-state index contributed by atoms with van der Waals surface area (Å²) in [4.78, 5) is 28.8. The first-order chi connectivity index (χ1) is 13.9. The van der Waals surface area contributed by atoms with E-state index >= 15 is 0 Å². The van der Waals surface area contributed by atoms with E-state index in [2.05, 4.69) is 25.3 Å². The number of pyridine rings is 1. The van der Waals surface area contributed by atoms with Gasteiger partial charge in [0.05, 0.1) is 20.3 Å². The van der Waals surface area contributed by atoms with Crippen LogP contribution in [0.25, 0.3) is 20.8 Å². The number of carbonyl (C=O) groups excluding carboxylic acids is 1. The van der Waals surface area contributed by atoms with E-state index in [0.29, 0.717) is 32.3 Å². The molecule has 0 amide bonds. The molecule has 0 saturated heterocycles. The number of fused-ring (bicyclic) bond motifs is 1. The fraction of sp³-hybridized carbons (Fsp3) is 0.150. The smallest absolute Gasteiger partial charge is 0.151 e. The Morgan fingerprint density at radius 3 is 2.59 bits per heavy atom. The number of aromatic nitrogens is 4. The molecule has 0 bridgehead atoms. The Labute approximate surface area is 181 Å². The highest BCUT2D eigenvalue weighted by atomic mass is 35.5. The molecule has 0 aliphatic carbocycles. The summed E-state index contributed by atoms with van der Waals surface area (Å²) in [6.45, 7) is 3.43. The van der Waals surface area contributed by atoms with E-state index in [4.69, 9.17) is 23.2 Å². The number of carbonyl (C=O) groups is 1. The number of thiazole rings is 1. The van der Waals surface area contributed by atoms with Crippen LogP contribution in [0.4, 0.5) is 11.6 Å². The lowest BCUT2D eigenvalue weighted by Crippen LogP contribution is -1.97. The Morgan fingerprint density at radius 1 is 1.14 bits per heavy atom. The van der Waals surface area contributed by atoms with Crippen LogP contribution < -0.4 is 5.32 Å². The number of ketones is 1. The van der Waals surface area contributed by atoms with Crippen LogP contribution in [0.1, 0.15) is 18.2 Å². The number of hydrogen-bond donors (Lipinski definition) is 1. The van der Waals surface area contributed by atoms with Crippen LogP contribution >= 0.6 is 34.5 Å². The molecule has 3 heterocycles. The van der Waals surface area contributed by atoms with Gasteiger partial charge in [0, 0.05) is 29.9 Å². The highest BCUT2D eigenvalue weighted by molar-refractivity contribution is 7.22. The number of Topliss-reactive ketones (excluding diaryl/α,β-unsaturated/α-hetero) is 1. The van der Waals surface area contributed by atoms with Gasteiger partial charge in [-0.2, -0.15) is 0 Å². The quantitative estimate of drug-likeness (QED) is 0.429. The Bertz CT molecular complexity index is 1220. The molecule has 0 fully saturated rings. The number of benzene rings is 1. The van der Waals surface area contributed by atoms with Crippen LogP contribution in [-0.4, -0.2) is 25.7 Å². The molecule has 4 rings (SSSR count). The van der Waals surface area contributed by atoms with Gasteiger partial charge in [0.2, 0.25) is 0 Å². The van der Waals surface area contributed by atoms with E-state index < -0.39 is 0 Å². The van der Waals surface area contributed by atoms with Gasteiger partial charge in [-0.3, -0.25) is 4.79 Å². The molecule has 0 saturated carbocycles. The molecule has 1 N–H and O–H groups in total. The van der Waals surface area contributed by atoms with Crippen molar-refractivity contribution in [3.8, 4) is 10.6 Å². The average molecular weight is 444 g/mol. The van der Waals surface area contributed by atoms with Crippen LogP contribution in [0, 0.1) is 6.92 Å². The summed E-state index contributed by atoms with van der Waals surface area (Å²) in [7, 11) is 0. The summed E-state index contributed by atoms with van der Waals surface area (Å²) >= 11 is 14.4. The van der Waals surface area contributed by atoms with Gasteiger partial charge >= 0.3 is 0 Å². The molecule has 9 heteroatoms. The molecular weight excluding hydrogens is 429 g/mol. The molecule has 0 unspecified atom stereocenters. The van der Waals surface area contributed by atoms with E-state index in [0.717, 1.165) is 21.5 Å². The van der Waals surface area contributed by atoms with Crippen LogP contribution in [0.2, 0.25) is 10.0 Å². The van der Waals surface area contributed by atoms with E-state index in [9.17, 15) is 4.79 Å². The van der Waals surface area contributed by atoms with Gasteiger partial charge in [0.15, 0.2) is 5.82 Å². The standard InChI is InChI=1S/C20H15Cl2N5OS/c1-10-5-16(25-9-24-10)27-19-18-15(3-4-23-19)26-20(29-18)17-13(21)7-12(6-11(2)28)8-14(17)22/h3-5,7-9H,6H2,1-2H3,(H,23,24,25,27). The Morgan fingerprint density at radius 2 is 1.90 bits per heavy atom. The minimum absolute atomic E-state index is 0.0478. The maximum atomic E-state index is 11.4. The summed E-state index contributed by atoms with van der Waals surface area (Å²) in [5.74, 6) is 1.34. The van der Waals surface area contributed by atoms with Gasteiger partial charge in [-0.15, -0.1) is 11.3 Å². The number of halogens is 2. The molecule has 1 aromatic carbocycles. The monoisotopic (exact) mass is 443 g/mol. The molecule has 3 aromatic heterocycles. The third-order valence-corrected chi connectivity index (χ3v) is 5.82. The van der Waals surface area contributed by atoms with Gasteiger partial charge in [-0.1, -0.05) is 23.2 Å². The molecular formula is C20H15Cl2N5OS. The van der Waals surface area contributed by atoms with Gasteiger partial charge in [-0.05, 0) is 37.6 Å². The lowest BCUT2D eigenvalue weighted by Gasteiger charge is -2.07. The van der Waals surface area contributed by atoms with E-state index in [1.807, 2.05) is 19.1 Å². The minimum Gasteiger partial charge on any atom is -0.324 e. The van der Waals surface area contributed by atoms with Gasteiger partial charge in [-0.25, -0.2) is 19.9 Å². The number of anilines is 2. The Hall–Kier alpha value is -2.61. The van der Waals surface area contributed by atoms with Crippen molar-refractivity contribution in [3.63, 3.8) is 0 Å². The lowest BCUT2D eigenvalue weighted by atomic mass is 10.1. The van der Waals surface area contributed by atoms with Crippen molar-refractivity contribution >= 4 is 62.2 Å². The number of rotatable bonds is 5. The fourth-order valence-electron chi connectivity index (χ4n) is 2.92. The van der Waals surface area contributed by atoms with E-state index in [1.165, 1.54) is 24.6 Å². The number of aryl methyl sites for hydroxylation is 1. The molecule has 0 aliphatic heterocycles. The van der Waals surface area contributed by atoms with Crippen molar-refractivity contribution in [2.24, 2.45) is 0 Å². The molecule has 0 aliphatic rings. The second-order valence-electron chi connectivity index (χ2n) is 6.51. The molecule has 0 atom stereocenters. The van der Waals surface area contributed by atoms with Gasteiger partial charge in [0.1, 0.15) is 22.9 Å². The largest absolute Gasteiger partial charge is 0.324 e. The highest BCUT2D eigenvalue weighted by Crippen LogP contribution is 2.41. The molecule has 146 valence electrons. The maximum Gasteiger partial charge on any atom is 0.151 e.